The highest BCUT2D eigenvalue weighted by Crippen LogP contribution is 2.68. The number of hydrogen-bond acceptors (Lipinski definition) is 5. The topological polar surface area (TPSA) is 98.7 Å². The summed E-state index contributed by atoms with van der Waals surface area (Å²) in [6.07, 6.45) is 6.52. The van der Waals surface area contributed by atoms with Crippen molar-refractivity contribution < 1.29 is 19.5 Å². The number of aliphatic hydroxyl groups excluding tert-OH is 1. The van der Waals surface area contributed by atoms with E-state index in [4.69, 9.17) is 0 Å². The molecule has 196 valence electrons. The highest BCUT2D eigenvalue weighted by Gasteiger charge is 2.76. The molecule has 4 aliphatic rings. The van der Waals surface area contributed by atoms with Gasteiger partial charge in [-0.05, 0) is 31.2 Å². The third-order valence-electron chi connectivity index (χ3n) is 8.61. The summed E-state index contributed by atoms with van der Waals surface area (Å²) in [7, 11) is 0. The van der Waals surface area contributed by atoms with Crippen molar-refractivity contribution >= 4 is 45.4 Å². The average molecular weight is 579 g/mol. The number of halogens is 1. The van der Waals surface area contributed by atoms with Crippen LogP contribution in [-0.2, 0) is 20.9 Å². The SMILES string of the molecule is CC[C@@H](CO)N1C(=O)[C@@H]2[C@@H](C(=O)NCc3ccccc3)[C@@H]3SC2(CC3Br)C1C(=O)NC1CCCCC1. The second-order valence-electron chi connectivity index (χ2n) is 10.7. The lowest BCUT2D eigenvalue weighted by Gasteiger charge is -2.38. The monoisotopic (exact) mass is 577 g/mol. The number of thioether (sulfide) groups is 1. The largest absolute Gasteiger partial charge is 0.394 e. The summed E-state index contributed by atoms with van der Waals surface area (Å²) >= 11 is 5.45. The van der Waals surface area contributed by atoms with E-state index in [0.29, 0.717) is 19.4 Å². The Labute approximate surface area is 225 Å². The van der Waals surface area contributed by atoms with Crippen molar-refractivity contribution in [2.45, 2.75) is 91.4 Å². The molecule has 1 spiro atoms. The molecule has 7 atom stereocenters. The summed E-state index contributed by atoms with van der Waals surface area (Å²) < 4.78 is -0.675. The second-order valence-corrected chi connectivity index (χ2v) is 13.4. The molecule has 3 N–H and O–H groups in total. The summed E-state index contributed by atoms with van der Waals surface area (Å²) in [5, 5.41) is 16.4. The van der Waals surface area contributed by atoms with Crippen LogP contribution in [0.5, 0.6) is 0 Å². The Hall–Kier alpha value is -1.58. The van der Waals surface area contributed by atoms with E-state index in [1.165, 1.54) is 6.42 Å². The van der Waals surface area contributed by atoms with Gasteiger partial charge in [0.1, 0.15) is 6.04 Å². The molecule has 3 amide bonds. The number of fused-ring (bicyclic) bond motifs is 1. The van der Waals surface area contributed by atoms with Crippen molar-refractivity contribution in [3.8, 4) is 0 Å². The molecule has 36 heavy (non-hydrogen) atoms. The normalized spacial score (nSPS) is 34.5. The summed E-state index contributed by atoms with van der Waals surface area (Å²) in [4.78, 5) is 43.2. The van der Waals surface area contributed by atoms with Gasteiger partial charge in [0, 0.05) is 22.7 Å². The van der Waals surface area contributed by atoms with Gasteiger partial charge in [-0.25, -0.2) is 0 Å². The van der Waals surface area contributed by atoms with Gasteiger partial charge in [0.25, 0.3) is 0 Å². The van der Waals surface area contributed by atoms with E-state index >= 15 is 0 Å². The third-order valence-corrected chi connectivity index (χ3v) is 11.8. The maximum Gasteiger partial charge on any atom is 0.244 e. The fourth-order valence-corrected chi connectivity index (χ4v) is 10.5. The van der Waals surface area contributed by atoms with E-state index in [1.807, 2.05) is 37.3 Å². The van der Waals surface area contributed by atoms with Crippen molar-refractivity contribution in [2.24, 2.45) is 11.8 Å². The van der Waals surface area contributed by atoms with Crippen molar-refractivity contribution in [1.29, 1.82) is 0 Å². The van der Waals surface area contributed by atoms with Crippen LogP contribution in [0.2, 0.25) is 0 Å². The molecule has 1 aliphatic carbocycles. The highest BCUT2D eigenvalue weighted by atomic mass is 79.9. The summed E-state index contributed by atoms with van der Waals surface area (Å²) in [5.74, 6) is -1.50. The molecule has 0 radical (unpaired) electrons. The van der Waals surface area contributed by atoms with E-state index in [1.54, 1.807) is 16.7 Å². The lowest BCUT2D eigenvalue weighted by Crippen LogP contribution is -2.58. The molecule has 7 nitrogen and oxygen atoms in total. The predicted octanol–water partition coefficient (Wildman–Crippen LogP) is 2.99. The first-order chi connectivity index (χ1) is 17.4. The van der Waals surface area contributed by atoms with Crippen LogP contribution in [0.1, 0.15) is 57.4 Å². The maximum absolute atomic E-state index is 14.1. The number of amides is 3. The average Bonchev–Trinajstić information content (AvgIpc) is 3.48. The van der Waals surface area contributed by atoms with Gasteiger partial charge >= 0.3 is 0 Å². The minimum absolute atomic E-state index is 0.0400. The fraction of sp³-hybridized carbons (Fsp3) is 0.667. The van der Waals surface area contributed by atoms with Crippen molar-refractivity contribution in [3.05, 3.63) is 35.9 Å². The molecular formula is C27H36BrN3O4S. The van der Waals surface area contributed by atoms with Crippen LogP contribution < -0.4 is 10.6 Å². The van der Waals surface area contributed by atoms with Gasteiger partial charge in [0.05, 0.1) is 29.2 Å². The number of benzene rings is 1. The van der Waals surface area contributed by atoms with Gasteiger partial charge in [-0.2, -0.15) is 0 Å². The standard InChI is InChI=1S/C27H36BrN3O4S/c1-2-18(15-32)31-23(25(34)30-17-11-7-4-8-12-17)27-13-19(28)22(36-27)20(21(27)26(31)35)24(33)29-14-16-9-5-3-6-10-16/h3,5-6,9-10,17-23,32H,2,4,7-8,11-15H2,1H3,(H,29,33)(H,30,34)/t18-,19?,20+,21-,22+,23?,27?/m0/s1. The van der Waals surface area contributed by atoms with Crippen LogP contribution >= 0.6 is 27.7 Å². The molecule has 3 unspecified atom stereocenters. The number of carbonyl (C=O) groups excluding carboxylic acids is 3. The highest BCUT2D eigenvalue weighted by molar-refractivity contribution is 9.09. The van der Waals surface area contributed by atoms with E-state index < -0.39 is 28.7 Å². The lowest BCUT2D eigenvalue weighted by molar-refractivity contribution is -0.143. The molecule has 3 heterocycles. The Kier molecular flexibility index (Phi) is 7.71. The molecule has 3 aliphatic heterocycles. The minimum Gasteiger partial charge on any atom is -0.394 e. The van der Waals surface area contributed by atoms with Crippen molar-refractivity contribution in [2.75, 3.05) is 6.61 Å². The number of carbonyl (C=O) groups is 3. The van der Waals surface area contributed by atoms with Crippen LogP contribution in [0, 0.1) is 11.8 Å². The van der Waals surface area contributed by atoms with Crippen LogP contribution in [-0.4, -0.2) is 67.3 Å². The van der Waals surface area contributed by atoms with E-state index in [2.05, 4.69) is 26.6 Å². The summed E-state index contributed by atoms with van der Waals surface area (Å²) in [5.41, 5.74) is 1.00. The Morgan fingerprint density at radius 3 is 2.58 bits per heavy atom. The quantitative estimate of drug-likeness (QED) is 0.412. The van der Waals surface area contributed by atoms with Crippen LogP contribution in [0.25, 0.3) is 0 Å². The lowest BCUT2D eigenvalue weighted by atomic mass is 9.70. The van der Waals surface area contributed by atoms with Gasteiger partial charge in [-0.1, -0.05) is 72.4 Å². The molecule has 9 heteroatoms. The molecular weight excluding hydrogens is 542 g/mol. The Bertz CT molecular complexity index is 986. The number of nitrogens with one attached hydrogen (secondary N) is 2. The summed E-state index contributed by atoms with van der Waals surface area (Å²) in [6.45, 7) is 2.13. The number of rotatable bonds is 8. The molecule has 1 aromatic rings. The number of aliphatic hydroxyl groups is 1. The second kappa shape index (κ2) is 10.7. The van der Waals surface area contributed by atoms with E-state index in [-0.39, 0.29) is 40.4 Å². The molecule has 0 aromatic heterocycles. The van der Waals surface area contributed by atoms with Gasteiger partial charge in [-0.15, -0.1) is 11.8 Å². The molecule has 5 rings (SSSR count). The smallest absolute Gasteiger partial charge is 0.244 e. The summed E-state index contributed by atoms with van der Waals surface area (Å²) in [6, 6.07) is 8.74. The predicted molar refractivity (Wildman–Crippen MR) is 144 cm³/mol. The number of likely N-dealkylation sites (tertiary alicyclic amines) is 1. The number of hydrogen-bond donors (Lipinski definition) is 3. The van der Waals surface area contributed by atoms with Gasteiger partial charge < -0.3 is 20.6 Å². The van der Waals surface area contributed by atoms with E-state index in [9.17, 15) is 19.5 Å². The fourth-order valence-electron chi connectivity index (χ4n) is 6.90. The van der Waals surface area contributed by atoms with Crippen molar-refractivity contribution in [3.63, 3.8) is 0 Å². The number of nitrogens with zero attached hydrogens (tertiary/aromatic N) is 1. The zero-order valence-electron chi connectivity index (χ0n) is 20.7. The van der Waals surface area contributed by atoms with Gasteiger partial charge in [0.2, 0.25) is 17.7 Å². The first-order valence-corrected chi connectivity index (χ1v) is 15.1. The Balaban J connectivity index is 1.44. The zero-order chi connectivity index (χ0) is 25.4. The molecule has 4 fully saturated rings. The van der Waals surface area contributed by atoms with E-state index in [0.717, 1.165) is 31.2 Å². The molecule has 3 saturated heterocycles. The first-order valence-electron chi connectivity index (χ1n) is 13.3. The third kappa shape index (κ3) is 4.39. The maximum atomic E-state index is 14.1. The zero-order valence-corrected chi connectivity index (χ0v) is 23.1. The van der Waals surface area contributed by atoms with Crippen LogP contribution in [0.4, 0.5) is 0 Å². The Morgan fingerprint density at radius 1 is 1.19 bits per heavy atom. The van der Waals surface area contributed by atoms with Gasteiger partial charge in [0.15, 0.2) is 0 Å². The van der Waals surface area contributed by atoms with Gasteiger partial charge in [-0.3, -0.25) is 14.4 Å². The minimum atomic E-state index is -0.684. The van der Waals surface area contributed by atoms with Crippen molar-refractivity contribution in [1.82, 2.24) is 15.5 Å². The first kappa shape index (κ1) is 26.0. The Morgan fingerprint density at radius 2 is 1.92 bits per heavy atom. The number of alkyl halides is 1. The van der Waals surface area contributed by atoms with Crippen LogP contribution in [0.15, 0.2) is 30.3 Å². The molecule has 2 bridgehead atoms. The van der Waals surface area contributed by atoms with Crippen LogP contribution in [0.3, 0.4) is 0 Å². The molecule has 1 saturated carbocycles. The molecule has 1 aromatic carbocycles.